The minimum atomic E-state index is -0.195. The third-order valence-electron chi connectivity index (χ3n) is 3.26. The topological polar surface area (TPSA) is 67.8 Å². The highest BCUT2D eigenvalue weighted by Gasteiger charge is 2.14. The number of Topliss-reactive ketones (excluding diaryl/α,β-unsaturated/α-hetero) is 1. The molecule has 0 aliphatic carbocycles. The lowest BCUT2D eigenvalue weighted by molar-refractivity contribution is 0.102. The van der Waals surface area contributed by atoms with E-state index in [1.165, 1.54) is 17.8 Å². The third kappa shape index (κ3) is 3.01. The molecule has 0 bridgehead atoms. The highest BCUT2D eigenvalue weighted by atomic mass is 32.2. The molecule has 0 atom stereocenters. The molecule has 20 heavy (non-hydrogen) atoms. The summed E-state index contributed by atoms with van der Waals surface area (Å²) in [5.41, 5.74) is 3.19. The first-order valence-electron chi connectivity index (χ1n) is 6.25. The van der Waals surface area contributed by atoms with Crippen LogP contribution in [0.3, 0.4) is 0 Å². The largest absolute Gasteiger partial charge is 0.351 e. The fourth-order valence-corrected chi connectivity index (χ4v) is 2.77. The number of rotatable bonds is 4. The number of aromatic amines is 1. The summed E-state index contributed by atoms with van der Waals surface area (Å²) >= 11 is 1.25. The zero-order valence-corrected chi connectivity index (χ0v) is 12.8. The van der Waals surface area contributed by atoms with Gasteiger partial charge in [-0.05, 0) is 26.8 Å². The predicted molar refractivity (Wildman–Crippen MR) is 79.5 cm³/mol. The minimum absolute atomic E-state index is 0.0420. The lowest BCUT2D eigenvalue weighted by Gasteiger charge is -2.03. The molecule has 2 rings (SSSR count). The lowest BCUT2D eigenvalue weighted by atomic mass is 10.2. The number of aromatic nitrogens is 3. The molecule has 2 heterocycles. The van der Waals surface area contributed by atoms with Crippen molar-refractivity contribution < 1.29 is 4.79 Å². The molecule has 0 spiro atoms. The fourth-order valence-electron chi connectivity index (χ4n) is 1.97. The molecule has 2 aromatic heterocycles. The van der Waals surface area contributed by atoms with E-state index < -0.39 is 0 Å². The van der Waals surface area contributed by atoms with Crippen molar-refractivity contribution in [2.24, 2.45) is 7.05 Å². The summed E-state index contributed by atoms with van der Waals surface area (Å²) in [6.45, 7) is 5.65. The van der Waals surface area contributed by atoms with Crippen LogP contribution < -0.4 is 5.56 Å². The average molecular weight is 291 g/mol. The van der Waals surface area contributed by atoms with Crippen LogP contribution >= 0.6 is 11.8 Å². The van der Waals surface area contributed by atoms with Gasteiger partial charge in [0.05, 0.1) is 5.75 Å². The van der Waals surface area contributed by atoms with Crippen LogP contribution in [0.2, 0.25) is 0 Å². The molecule has 0 saturated carbocycles. The smallest absolute Gasteiger partial charge is 0.251 e. The molecule has 2 aromatic rings. The number of H-pyrrole nitrogens is 1. The number of hydrogen-bond donors (Lipinski definition) is 1. The molecule has 0 aliphatic rings. The predicted octanol–water partition coefficient (Wildman–Crippen LogP) is 2.01. The SMILES string of the molecule is Cc1cc(=O)[nH]c(SCC(=O)c2cc(C)n(C)c2C)n1. The van der Waals surface area contributed by atoms with Crippen molar-refractivity contribution in [2.45, 2.75) is 25.9 Å². The van der Waals surface area contributed by atoms with Gasteiger partial charge in [0, 0.05) is 35.8 Å². The van der Waals surface area contributed by atoms with Crippen molar-refractivity contribution >= 4 is 17.5 Å². The summed E-state index contributed by atoms with van der Waals surface area (Å²) in [6.07, 6.45) is 0. The van der Waals surface area contributed by atoms with Crippen LogP contribution in [0.5, 0.6) is 0 Å². The van der Waals surface area contributed by atoms with E-state index in [0.29, 0.717) is 10.9 Å². The molecule has 0 aromatic carbocycles. The van der Waals surface area contributed by atoms with E-state index in [1.807, 2.05) is 31.5 Å². The Morgan fingerprint density at radius 2 is 2.05 bits per heavy atom. The first-order chi connectivity index (χ1) is 9.38. The number of ketones is 1. The summed E-state index contributed by atoms with van der Waals surface area (Å²) in [4.78, 5) is 30.4. The number of carbonyl (C=O) groups is 1. The fraction of sp³-hybridized carbons (Fsp3) is 0.357. The average Bonchev–Trinajstić information content (AvgIpc) is 2.63. The molecule has 0 unspecified atom stereocenters. The van der Waals surface area contributed by atoms with E-state index >= 15 is 0 Å². The number of hydrogen-bond acceptors (Lipinski definition) is 4. The molecule has 5 nitrogen and oxygen atoms in total. The molecule has 0 saturated heterocycles. The third-order valence-corrected chi connectivity index (χ3v) is 4.14. The number of nitrogens with one attached hydrogen (secondary N) is 1. The summed E-state index contributed by atoms with van der Waals surface area (Å²) in [7, 11) is 1.94. The molecule has 0 radical (unpaired) electrons. The van der Waals surface area contributed by atoms with Gasteiger partial charge in [0.15, 0.2) is 10.9 Å². The standard InChI is InChI=1S/C14H17N3O2S/c1-8-5-13(19)16-14(15-8)20-7-12(18)11-6-9(2)17(4)10(11)3/h5-6H,7H2,1-4H3,(H,15,16,19). The van der Waals surface area contributed by atoms with Crippen LogP contribution in [0.15, 0.2) is 22.1 Å². The zero-order chi connectivity index (χ0) is 14.9. The summed E-state index contributed by atoms with van der Waals surface area (Å²) in [5, 5.41) is 0.480. The van der Waals surface area contributed by atoms with E-state index in [-0.39, 0.29) is 17.1 Å². The second-order valence-corrected chi connectivity index (χ2v) is 5.71. The van der Waals surface area contributed by atoms with E-state index in [0.717, 1.165) is 17.0 Å². The second kappa shape index (κ2) is 5.66. The maximum atomic E-state index is 12.2. The van der Waals surface area contributed by atoms with Crippen LogP contribution in [0.25, 0.3) is 0 Å². The molecular formula is C14H17N3O2S. The van der Waals surface area contributed by atoms with Gasteiger partial charge in [-0.1, -0.05) is 11.8 Å². The van der Waals surface area contributed by atoms with Crippen LogP contribution in [0.1, 0.15) is 27.4 Å². The minimum Gasteiger partial charge on any atom is -0.351 e. The van der Waals surface area contributed by atoms with Crippen LogP contribution in [0, 0.1) is 20.8 Å². The Balaban J connectivity index is 2.12. The van der Waals surface area contributed by atoms with Gasteiger partial charge in [-0.2, -0.15) is 0 Å². The van der Waals surface area contributed by atoms with Crippen LogP contribution in [-0.4, -0.2) is 26.1 Å². The number of carbonyl (C=O) groups excluding carboxylic acids is 1. The number of nitrogens with zero attached hydrogens (tertiary/aromatic N) is 2. The van der Waals surface area contributed by atoms with Gasteiger partial charge in [0.1, 0.15) is 0 Å². The Kier molecular flexibility index (Phi) is 4.13. The molecular weight excluding hydrogens is 274 g/mol. The first kappa shape index (κ1) is 14.6. The Labute approximate surface area is 121 Å². The Bertz CT molecular complexity index is 716. The van der Waals surface area contributed by atoms with Crippen molar-refractivity contribution in [3.8, 4) is 0 Å². The molecule has 1 N–H and O–H groups in total. The van der Waals surface area contributed by atoms with Crippen LogP contribution in [0.4, 0.5) is 0 Å². The molecule has 0 fully saturated rings. The second-order valence-electron chi connectivity index (χ2n) is 4.75. The van der Waals surface area contributed by atoms with Crippen molar-refractivity contribution in [3.05, 3.63) is 45.1 Å². The maximum absolute atomic E-state index is 12.2. The van der Waals surface area contributed by atoms with Crippen molar-refractivity contribution in [1.82, 2.24) is 14.5 Å². The first-order valence-corrected chi connectivity index (χ1v) is 7.24. The summed E-state index contributed by atoms with van der Waals surface area (Å²) in [5.74, 6) is 0.303. The van der Waals surface area contributed by atoms with E-state index in [1.54, 1.807) is 6.92 Å². The normalized spacial score (nSPS) is 10.8. The quantitative estimate of drug-likeness (QED) is 0.531. The van der Waals surface area contributed by atoms with Gasteiger partial charge < -0.3 is 9.55 Å². The maximum Gasteiger partial charge on any atom is 0.251 e. The van der Waals surface area contributed by atoms with Crippen LogP contribution in [-0.2, 0) is 7.05 Å². The summed E-state index contributed by atoms with van der Waals surface area (Å²) in [6, 6.07) is 3.32. The Hall–Kier alpha value is -1.82. The van der Waals surface area contributed by atoms with Gasteiger partial charge in [0.2, 0.25) is 0 Å². The van der Waals surface area contributed by atoms with Gasteiger partial charge in [0.25, 0.3) is 5.56 Å². The zero-order valence-electron chi connectivity index (χ0n) is 12.0. The monoisotopic (exact) mass is 291 g/mol. The highest BCUT2D eigenvalue weighted by molar-refractivity contribution is 7.99. The Morgan fingerprint density at radius 3 is 2.60 bits per heavy atom. The van der Waals surface area contributed by atoms with E-state index in [9.17, 15) is 9.59 Å². The Morgan fingerprint density at radius 1 is 1.35 bits per heavy atom. The van der Waals surface area contributed by atoms with Gasteiger partial charge in [-0.3, -0.25) is 9.59 Å². The molecule has 0 amide bonds. The van der Waals surface area contributed by atoms with Gasteiger partial charge in [-0.15, -0.1) is 0 Å². The number of thioether (sulfide) groups is 1. The lowest BCUT2D eigenvalue weighted by Crippen LogP contribution is -2.10. The number of aryl methyl sites for hydroxylation is 2. The highest BCUT2D eigenvalue weighted by Crippen LogP contribution is 2.18. The summed E-state index contributed by atoms with van der Waals surface area (Å²) < 4.78 is 1.99. The van der Waals surface area contributed by atoms with Gasteiger partial charge >= 0.3 is 0 Å². The van der Waals surface area contributed by atoms with Gasteiger partial charge in [-0.25, -0.2) is 4.98 Å². The van der Waals surface area contributed by atoms with Crippen molar-refractivity contribution in [3.63, 3.8) is 0 Å². The van der Waals surface area contributed by atoms with E-state index in [2.05, 4.69) is 9.97 Å². The van der Waals surface area contributed by atoms with E-state index in [4.69, 9.17) is 0 Å². The molecule has 106 valence electrons. The molecule has 0 aliphatic heterocycles. The van der Waals surface area contributed by atoms with Crippen molar-refractivity contribution in [1.29, 1.82) is 0 Å². The molecule has 6 heteroatoms. The van der Waals surface area contributed by atoms with Crippen molar-refractivity contribution in [2.75, 3.05) is 5.75 Å².